The Bertz CT molecular complexity index is 1150. The minimum Gasteiger partial charge on any atom is -0.508 e. The van der Waals surface area contributed by atoms with E-state index >= 15 is 0 Å². The third kappa shape index (κ3) is 2.33. The number of carbonyl (C=O) groups excluding carboxylic acids is 1. The number of phenols is 1. The second kappa shape index (κ2) is 5.85. The molecule has 2 N–H and O–H groups in total. The lowest BCUT2D eigenvalue weighted by molar-refractivity contribution is -0.0265. The van der Waals surface area contributed by atoms with Crippen LogP contribution in [0.25, 0.3) is 10.9 Å². The molecule has 4 nitrogen and oxygen atoms in total. The van der Waals surface area contributed by atoms with Gasteiger partial charge in [0.25, 0.3) is 5.91 Å². The zero-order chi connectivity index (χ0) is 20.6. The molecule has 5 heteroatoms. The topological polar surface area (TPSA) is 56.3 Å². The fraction of sp³-hybridized carbons (Fsp3) is 0.375. The van der Waals surface area contributed by atoms with Gasteiger partial charge in [0.15, 0.2) is 0 Å². The Hall–Kier alpha value is -2.82. The van der Waals surface area contributed by atoms with E-state index in [0.717, 1.165) is 17.5 Å². The van der Waals surface area contributed by atoms with E-state index in [4.69, 9.17) is 0 Å². The summed E-state index contributed by atoms with van der Waals surface area (Å²) in [6.45, 7) is 7.33. The van der Waals surface area contributed by atoms with Crippen LogP contribution in [0, 0.1) is 11.2 Å². The predicted molar refractivity (Wildman–Crippen MR) is 111 cm³/mol. The molecular formula is C24H25FN2O2. The van der Waals surface area contributed by atoms with Crippen molar-refractivity contribution in [3.63, 3.8) is 0 Å². The average Bonchev–Trinajstić information content (AvgIpc) is 3.08. The van der Waals surface area contributed by atoms with Crippen molar-refractivity contribution in [2.45, 2.75) is 45.1 Å². The van der Waals surface area contributed by atoms with Crippen LogP contribution in [-0.2, 0) is 11.8 Å². The van der Waals surface area contributed by atoms with Crippen LogP contribution < -0.4 is 0 Å². The molecule has 29 heavy (non-hydrogen) atoms. The number of phenolic OH excluding ortho intramolecular Hbond substituents is 1. The number of aromatic nitrogens is 1. The molecule has 1 amide bonds. The van der Waals surface area contributed by atoms with Gasteiger partial charge < -0.3 is 15.0 Å². The van der Waals surface area contributed by atoms with Gasteiger partial charge in [-0.15, -0.1) is 0 Å². The number of fused-ring (bicyclic) bond motifs is 5. The number of hydrogen-bond acceptors (Lipinski definition) is 2. The first-order chi connectivity index (χ1) is 13.7. The first kappa shape index (κ1) is 18.2. The van der Waals surface area contributed by atoms with Crippen LogP contribution in [0.5, 0.6) is 5.75 Å². The lowest BCUT2D eigenvalue weighted by Crippen LogP contribution is -2.64. The maximum atomic E-state index is 13.8. The minimum absolute atomic E-state index is 0.0481. The van der Waals surface area contributed by atoms with Crippen LogP contribution in [0.1, 0.15) is 48.7 Å². The van der Waals surface area contributed by atoms with Gasteiger partial charge in [0.2, 0.25) is 0 Å². The number of H-pyrrole nitrogens is 1. The van der Waals surface area contributed by atoms with Crippen molar-refractivity contribution < 1.29 is 14.3 Å². The molecule has 3 aromatic rings. The normalized spacial score (nSPS) is 25.1. The number of nitrogens with one attached hydrogen (secondary N) is 1. The minimum atomic E-state index is -0.353. The Labute approximate surface area is 169 Å². The van der Waals surface area contributed by atoms with E-state index in [1.165, 1.54) is 17.7 Å². The van der Waals surface area contributed by atoms with Crippen LogP contribution in [0.2, 0.25) is 0 Å². The fourth-order valence-electron chi connectivity index (χ4n) is 5.59. The van der Waals surface area contributed by atoms with Crippen molar-refractivity contribution >= 4 is 16.8 Å². The highest BCUT2D eigenvalue weighted by Gasteiger charge is 2.57. The number of aromatic hydroxyl groups is 1. The number of benzene rings is 2. The third-order valence-electron chi connectivity index (χ3n) is 7.76. The Morgan fingerprint density at radius 1 is 1.24 bits per heavy atom. The second-order valence-corrected chi connectivity index (χ2v) is 9.22. The van der Waals surface area contributed by atoms with Gasteiger partial charge in [-0.05, 0) is 53.6 Å². The van der Waals surface area contributed by atoms with Crippen molar-refractivity contribution in [1.29, 1.82) is 0 Å². The number of piperidine rings is 1. The van der Waals surface area contributed by atoms with E-state index in [1.54, 1.807) is 18.3 Å². The van der Waals surface area contributed by atoms with Crippen LogP contribution >= 0.6 is 0 Å². The quantitative estimate of drug-likeness (QED) is 0.627. The molecule has 2 aromatic carbocycles. The summed E-state index contributed by atoms with van der Waals surface area (Å²) in [4.78, 5) is 18.6. The number of hydrogen-bond donors (Lipinski definition) is 2. The summed E-state index contributed by atoms with van der Waals surface area (Å²) >= 11 is 0. The number of rotatable bonds is 1. The summed E-state index contributed by atoms with van der Waals surface area (Å²) in [7, 11) is 0. The Morgan fingerprint density at radius 2 is 2.03 bits per heavy atom. The summed E-state index contributed by atoms with van der Waals surface area (Å²) < 4.78 is 13.8. The van der Waals surface area contributed by atoms with Crippen molar-refractivity contribution in [2.75, 3.05) is 6.54 Å². The van der Waals surface area contributed by atoms with Crippen LogP contribution in [-0.4, -0.2) is 33.5 Å². The molecule has 5 rings (SSSR count). The monoisotopic (exact) mass is 392 g/mol. The molecule has 2 bridgehead atoms. The average molecular weight is 392 g/mol. The van der Waals surface area contributed by atoms with Crippen molar-refractivity contribution in [2.24, 2.45) is 5.41 Å². The van der Waals surface area contributed by atoms with Gasteiger partial charge in [0, 0.05) is 35.1 Å². The maximum absolute atomic E-state index is 13.8. The summed E-state index contributed by atoms with van der Waals surface area (Å²) in [5.74, 6) is -0.132. The van der Waals surface area contributed by atoms with Crippen LogP contribution in [0.3, 0.4) is 0 Å². The van der Waals surface area contributed by atoms with E-state index in [9.17, 15) is 14.3 Å². The first-order valence-corrected chi connectivity index (χ1v) is 10.1. The smallest absolute Gasteiger partial charge is 0.256 e. The van der Waals surface area contributed by atoms with Gasteiger partial charge in [-0.25, -0.2) is 4.39 Å². The first-order valence-electron chi connectivity index (χ1n) is 10.1. The van der Waals surface area contributed by atoms with E-state index in [0.29, 0.717) is 29.7 Å². The van der Waals surface area contributed by atoms with Crippen molar-refractivity contribution in [3.8, 4) is 5.75 Å². The highest BCUT2D eigenvalue weighted by molar-refractivity contribution is 6.07. The molecule has 2 aliphatic rings. The van der Waals surface area contributed by atoms with Crippen molar-refractivity contribution in [1.82, 2.24) is 9.88 Å². The van der Waals surface area contributed by atoms with Crippen molar-refractivity contribution in [3.05, 3.63) is 65.1 Å². The van der Waals surface area contributed by atoms with Gasteiger partial charge in [-0.3, -0.25) is 4.79 Å². The summed E-state index contributed by atoms with van der Waals surface area (Å²) in [6, 6.07) is 10.2. The molecule has 0 spiro atoms. The summed E-state index contributed by atoms with van der Waals surface area (Å²) in [5.41, 5.74) is 3.10. The number of carbonyl (C=O) groups is 1. The molecule has 0 saturated carbocycles. The van der Waals surface area contributed by atoms with E-state index in [2.05, 4.69) is 31.8 Å². The van der Waals surface area contributed by atoms with E-state index < -0.39 is 0 Å². The highest BCUT2D eigenvalue weighted by Crippen LogP contribution is 2.57. The number of aromatic amines is 1. The standard InChI is InChI=1S/C24H25FN2O2/c1-23(2)21-12-16-18(5-4-6-20(16)28)24(23,3)9-10-27(21)22(29)17-13-26-19-8-7-14(25)11-15(17)19/h4-8,11,13,21,26,28H,9-10,12H2,1-3H3/t21-,24+/m1/s1. The zero-order valence-electron chi connectivity index (χ0n) is 16.9. The van der Waals surface area contributed by atoms with Gasteiger partial charge in [-0.2, -0.15) is 0 Å². The molecule has 150 valence electrons. The number of likely N-dealkylation sites (tertiary alicyclic amines) is 1. The van der Waals surface area contributed by atoms with E-state index in [-0.39, 0.29) is 28.6 Å². The van der Waals surface area contributed by atoms with Gasteiger partial charge in [0.05, 0.1) is 5.56 Å². The lowest BCUT2D eigenvalue weighted by atomic mass is 9.51. The molecule has 0 unspecified atom stereocenters. The largest absolute Gasteiger partial charge is 0.508 e. The SMILES string of the molecule is CC1(C)[C@H]2Cc3c(O)cccc3[C@]1(C)CCN2C(=O)c1c[nH]c2ccc(F)cc12. The molecule has 1 fully saturated rings. The third-order valence-corrected chi connectivity index (χ3v) is 7.76. The van der Waals surface area contributed by atoms with E-state index in [1.807, 2.05) is 11.0 Å². The lowest BCUT2D eigenvalue weighted by Gasteiger charge is -2.60. The second-order valence-electron chi connectivity index (χ2n) is 9.22. The Kier molecular flexibility index (Phi) is 3.67. The fourth-order valence-corrected chi connectivity index (χ4v) is 5.59. The predicted octanol–water partition coefficient (Wildman–Crippen LogP) is 4.77. The molecular weight excluding hydrogens is 367 g/mol. The molecule has 0 radical (unpaired) electrons. The Morgan fingerprint density at radius 3 is 2.83 bits per heavy atom. The molecule has 1 aromatic heterocycles. The maximum Gasteiger partial charge on any atom is 0.256 e. The summed E-state index contributed by atoms with van der Waals surface area (Å²) in [5, 5.41) is 11.1. The summed E-state index contributed by atoms with van der Waals surface area (Å²) in [6.07, 6.45) is 3.12. The Balaban J connectivity index is 1.61. The van der Waals surface area contributed by atoms with Crippen LogP contribution in [0.15, 0.2) is 42.6 Å². The number of nitrogens with zero attached hydrogens (tertiary/aromatic N) is 1. The molecule has 2 heterocycles. The highest BCUT2D eigenvalue weighted by atomic mass is 19.1. The zero-order valence-corrected chi connectivity index (χ0v) is 16.9. The molecule has 1 aliphatic heterocycles. The molecule has 2 atom stereocenters. The van der Waals surface area contributed by atoms with Gasteiger partial charge >= 0.3 is 0 Å². The van der Waals surface area contributed by atoms with Crippen LogP contribution in [0.4, 0.5) is 4.39 Å². The van der Waals surface area contributed by atoms with Gasteiger partial charge in [-0.1, -0.05) is 32.9 Å². The number of halogens is 1. The number of amides is 1. The molecule has 1 aliphatic carbocycles. The molecule has 1 saturated heterocycles. The van der Waals surface area contributed by atoms with Gasteiger partial charge in [0.1, 0.15) is 11.6 Å².